The van der Waals surface area contributed by atoms with Crippen LogP contribution in [0.25, 0.3) is 5.65 Å². The first-order valence-corrected chi connectivity index (χ1v) is 9.59. The standard InChI is InChI=1S/C21H23N5O2/c27-19(13-16-7-2-1-3-8-16)22-14-20(28)25-11-6-9-17(15-25)21-24-23-18-10-4-5-12-26(18)21/h1-5,7-8,10,12,17H,6,9,11,13-15H2,(H,22,27). The Kier molecular flexibility index (Phi) is 5.32. The van der Waals surface area contributed by atoms with E-state index in [1.54, 1.807) is 0 Å². The van der Waals surface area contributed by atoms with Crippen molar-refractivity contribution in [2.75, 3.05) is 19.6 Å². The van der Waals surface area contributed by atoms with Gasteiger partial charge in [0.2, 0.25) is 11.8 Å². The maximum Gasteiger partial charge on any atom is 0.241 e. The number of fused-ring (bicyclic) bond motifs is 1. The molecule has 0 radical (unpaired) electrons. The second-order valence-corrected chi connectivity index (χ2v) is 7.11. The molecule has 1 aliphatic heterocycles. The fourth-order valence-electron chi connectivity index (χ4n) is 3.68. The van der Waals surface area contributed by atoms with Crippen LogP contribution in [0, 0.1) is 0 Å². The van der Waals surface area contributed by atoms with Gasteiger partial charge in [-0.25, -0.2) is 0 Å². The second-order valence-electron chi connectivity index (χ2n) is 7.11. The Hall–Kier alpha value is -3.22. The Balaban J connectivity index is 1.34. The summed E-state index contributed by atoms with van der Waals surface area (Å²) in [5, 5.41) is 11.3. The van der Waals surface area contributed by atoms with Crippen molar-refractivity contribution < 1.29 is 9.59 Å². The SMILES string of the molecule is O=C(Cc1ccccc1)NCC(=O)N1CCCC(c2nnc3ccccn23)C1. The highest BCUT2D eigenvalue weighted by Crippen LogP contribution is 2.26. The predicted molar refractivity (Wildman–Crippen MR) is 105 cm³/mol. The van der Waals surface area contributed by atoms with Crippen molar-refractivity contribution in [3.8, 4) is 0 Å². The summed E-state index contributed by atoms with van der Waals surface area (Å²) in [5.74, 6) is 0.841. The number of nitrogens with zero attached hydrogens (tertiary/aromatic N) is 4. The predicted octanol–water partition coefficient (Wildman–Crippen LogP) is 1.79. The van der Waals surface area contributed by atoms with Crippen LogP contribution in [-0.2, 0) is 16.0 Å². The highest BCUT2D eigenvalue weighted by Gasteiger charge is 2.27. The van der Waals surface area contributed by atoms with Crippen LogP contribution in [0.4, 0.5) is 0 Å². The second kappa shape index (κ2) is 8.21. The van der Waals surface area contributed by atoms with Crippen molar-refractivity contribution >= 4 is 17.5 Å². The molecule has 2 aromatic heterocycles. The molecule has 0 saturated carbocycles. The molecule has 0 spiro atoms. The summed E-state index contributed by atoms with van der Waals surface area (Å²) in [7, 11) is 0. The zero-order valence-corrected chi connectivity index (χ0v) is 15.6. The number of benzene rings is 1. The van der Waals surface area contributed by atoms with E-state index in [1.165, 1.54) is 0 Å². The molecule has 1 aromatic carbocycles. The summed E-state index contributed by atoms with van der Waals surface area (Å²) in [4.78, 5) is 26.5. The Morgan fingerprint density at radius 1 is 1.07 bits per heavy atom. The van der Waals surface area contributed by atoms with Crippen LogP contribution in [0.15, 0.2) is 54.7 Å². The minimum Gasteiger partial charge on any atom is -0.347 e. The van der Waals surface area contributed by atoms with E-state index in [2.05, 4.69) is 15.5 Å². The number of nitrogens with one attached hydrogen (secondary N) is 1. The smallest absolute Gasteiger partial charge is 0.241 e. The van der Waals surface area contributed by atoms with Gasteiger partial charge in [-0.1, -0.05) is 36.4 Å². The fraction of sp³-hybridized carbons (Fsp3) is 0.333. The maximum atomic E-state index is 12.6. The van der Waals surface area contributed by atoms with Crippen LogP contribution < -0.4 is 5.32 Å². The number of hydrogen-bond acceptors (Lipinski definition) is 4. The van der Waals surface area contributed by atoms with Gasteiger partial charge in [-0.2, -0.15) is 0 Å². The molecule has 1 saturated heterocycles. The molecule has 7 heteroatoms. The third-order valence-electron chi connectivity index (χ3n) is 5.12. The topological polar surface area (TPSA) is 79.6 Å². The zero-order valence-electron chi connectivity index (χ0n) is 15.6. The largest absolute Gasteiger partial charge is 0.347 e. The number of aromatic nitrogens is 3. The van der Waals surface area contributed by atoms with E-state index in [0.717, 1.165) is 29.9 Å². The van der Waals surface area contributed by atoms with Crippen LogP contribution in [0.3, 0.4) is 0 Å². The van der Waals surface area contributed by atoms with Gasteiger partial charge >= 0.3 is 0 Å². The lowest BCUT2D eigenvalue weighted by Crippen LogP contribution is -2.45. The molecule has 0 aliphatic carbocycles. The van der Waals surface area contributed by atoms with Crippen LogP contribution >= 0.6 is 0 Å². The summed E-state index contributed by atoms with van der Waals surface area (Å²) in [6.07, 6.45) is 4.12. The summed E-state index contributed by atoms with van der Waals surface area (Å²) >= 11 is 0. The number of piperidine rings is 1. The lowest BCUT2D eigenvalue weighted by Gasteiger charge is -2.32. The Labute approximate surface area is 163 Å². The molecule has 1 N–H and O–H groups in total. The number of likely N-dealkylation sites (tertiary alicyclic amines) is 1. The number of hydrogen-bond donors (Lipinski definition) is 1. The lowest BCUT2D eigenvalue weighted by atomic mass is 9.97. The van der Waals surface area contributed by atoms with E-state index in [1.807, 2.05) is 64.0 Å². The van der Waals surface area contributed by atoms with Crippen molar-refractivity contribution in [3.63, 3.8) is 0 Å². The average molecular weight is 377 g/mol. The first-order valence-electron chi connectivity index (χ1n) is 9.59. The number of carbonyl (C=O) groups is 2. The number of amides is 2. The van der Waals surface area contributed by atoms with Crippen LogP contribution in [0.1, 0.15) is 30.1 Å². The highest BCUT2D eigenvalue weighted by atomic mass is 16.2. The van der Waals surface area contributed by atoms with Gasteiger partial charge in [-0.05, 0) is 30.5 Å². The normalized spacial score (nSPS) is 16.9. The van der Waals surface area contributed by atoms with Gasteiger partial charge in [-0.15, -0.1) is 10.2 Å². The van der Waals surface area contributed by atoms with Gasteiger partial charge in [0.15, 0.2) is 5.65 Å². The van der Waals surface area contributed by atoms with E-state index in [-0.39, 0.29) is 30.7 Å². The van der Waals surface area contributed by atoms with E-state index in [0.29, 0.717) is 13.1 Å². The Morgan fingerprint density at radius 3 is 2.75 bits per heavy atom. The van der Waals surface area contributed by atoms with Gasteiger partial charge in [-0.3, -0.25) is 14.0 Å². The summed E-state index contributed by atoms with van der Waals surface area (Å²) in [6, 6.07) is 15.3. The molecule has 4 rings (SSSR count). The van der Waals surface area contributed by atoms with Gasteiger partial charge in [0.05, 0.1) is 13.0 Å². The van der Waals surface area contributed by atoms with E-state index in [4.69, 9.17) is 0 Å². The molecule has 2 amide bonds. The maximum absolute atomic E-state index is 12.6. The minimum atomic E-state index is -0.142. The van der Waals surface area contributed by atoms with Crippen LogP contribution in [0.2, 0.25) is 0 Å². The fourth-order valence-corrected chi connectivity index (χ4v) is 3.68. The van der Waals surface area contributed by atoms with Crippen molar-refractivity contribution in [3.05, 3.63) is 66.1 Å². The molecule has 28 heavy (non-hydrogen) atoms. The minimum absolute atomic E-state index is 0.0268. The molecule has 144 valence electrons. The molecule has 3 heterocycles. The first kappa shape index (κ1) is 18.2. The monoisotopic (exact) mass is 377 g/mol. The van der Waals surface area contributed by atoms with E-state index < -0.39 is 0 Å². The number of carbonyl (C=O) groups excluding carboxylic acids is 2. The summed E-state index contributed by atoms with van der Waals surface area (Å²) in [5.41, 5.74) is 1.75. The molecule has 1 fully saturated rings. The van der Waals surface area contributed by atoms with Crippen molar-refractivity contribution in [2.24, 2.45) is 0 Å². The van der Waals surface area contributed by atoms with E-state index in [9.17, 15) is 9.59 Å². The highest BCUT2D eigenvalue weighted by molar-refractivity contribution is 5.85. The lowest BCUT2D eigenvalue weighted by molar-refractivity contribution is -0.133. The molecular formula is C21H23N5O2. The molecule has 1 atom stereocenters. The van der Waals surface area contributed by atoms with Gasteiger partial charge in [0, 0.05) is 25.2 Å². The molecular weight excluding hydrogens is 354 g/mol. The third kappa shape index (κ3) is 4.03. The number of pyridine rings is 1. The van der Waals surface area contributed by atoms with Gasteiger partial charge in [0.1, 0.15) is 5.82 Å². The summed E-state index contributed by atoms with van der Waals surface area (Å²) < 4.78 is 1.99. The molecule has 3 aromatic rings. The van der Waals surface area contributed by atoms with Crippen molar-refractivity contribution in [1.29, 1.82) is 0 Å². The van der Waals surface area contributed by atoms with Crippen molar-refractivity contribution in [1.82, 2.24) is 24.8 Å². The average Bonchev–Trinajstić information content (AvgIpc) is 3.17. The molecule has 7 nitrogen and oxygen atoms in total. The van der Waals surface area contributed by atoms with Crippen LogP contribution in [0.5, 0.6) is 0 Å². The summed E-state index contributed by atoms with van der Waals surface area (Å²) in [6.45, 7) is 1.34. The Morgan fingerprint density at radius 2 is 1.89 bits per heavy atom. The quantitative estimate of drug-likeness (QED) is 0.735. The zero-order chi connectivity index (χ0) is 19.3. The van der Waals surface area contributed by atoms with Gasteiger partial charge < -0.3 is 10.2 Å². The van der Waals surface area contributed by atoms with Crippen molar-refractivity contribution in [2.45, 2.75) is 25.2 Å². The molecule has 1 aliphatic rings. The Bertz CT molecular complexity index is 969. The first-order chi connectivity index (χ1) is 13.7. The number of rotatable bonds is 5. The third-order valence-corrected chi connectivity index (χ3v) is 5.12. The van der Waals surface area contributed by atoms with Crippen LogP contribution in [-0.4, -0.2) is 50.9 Å². The molecule has 0 bridgehead atoms. The van der Waals surface area contributed by atoms with E-state index >= 15 is 0 Å². The molecule has 1 unspecified atom stereocenters. The van der Waals surface area contributed by atoms with Gasteiger partial charge in [0.25, 0.3) is 0 Å².